The summed E-state index contributed by atoms with van der Waals surface area (Å²) in [5.74, 6) is 1.52. The standard InChI is InChI=1S/C52H33N3/c1-2-12-34(13-3-1)35-22-24-36(25-23-35)37-26-28-38(29-27-37)48-33-51(55-49-20-10-8-18-45(49)46-19-9-11-21-50(46)55)54-52(53-48)39-30-31-44-42-16-5-4-14-40(42)41-15-6-7-17-43(41)47(44)32-39/h1-33H. The summed E-state index contributed by atoms with van der Waals surface area (Å²) < 4.78 is 2.28. The lowest BCUT2D eigenvalue weighted by Crippen LogP contribution is -2.02. The van der Waals surface area contributed by atoms with Crippen LogP contribution in [0.4, 0.5) is 0 Å². The Balaban J connectivity index is 1.09. The molecule has 0 bridgehead atoms. The molecule has 0 spiro atoms. The summed E-state index contributed by atoms with van der Waals surface area (Å²) in [4.78, 5) is 10.7. The Bertz CT molecular complexity index is 3140. The van der Waals surface area contributed by atoms with Crippen LogP contribution in [0.15, 0.2) is 200 Å². The molecule has 0 saturated heterocycles. The molecule has 0 saturated carbocycles. The monoisotopic (exact) mass is 699 g/mol. The van der Waals surface area contributed by atoms with Crippen LogP contribution in [-0.2, 0) is 0 Å². The molecule has 0 unspecified atom stereocenters. The van der Waals surface area contributed by atoms with Gasteiger partial charge in [0, 0.05) is 28.0 Å². The fraction of sp³-hybridized carbons (Fsp3) is 0. The Morgan fingerprint density at radius 3 is 1.22 bits per heavy atom. The number of nitrogens with zero attached hydrogens (tertiary/aromatic N) is 3. The van der Waals surface area contributed by atoms with E-state index in [-0.39, 0.29) is 0 Å². The van der Waals surface area contributed by atoms with Crippen LogP contribution >= 0.6 is 0 Å². The van der Waals surface area contributed by atoms with E-state index in [1.54, 1.807) is 0 Å². The van der Waals surface area contributed by atoms with Gasteiger partial charge in [0.25, 0.3) is 0 Å². The third-order valence-electron chi connectivity index (χ3n) is 11.0. The van der Waals surface area contributed by atoms with E-state index in [1.807, 2.05) is 0 Å². The number of fused-ring (bicyclic) bond motifs is 9. The van der Waals surface area contributed by atoms with Crippen LogP contribution in [0.1, 0.15) is 0 Å². The van der Waals surface area contributed by atoms with Gasteiger partial charge in [-0.05, 0) is 72.8 Å². The normalized spacial score (nSPS) is 11.6. The molecule has 0 N–H and O–H groups in total. The molecule has 0 atom stereocenters. The van der Waals surface area contributed by atoms with Crippen LogP contribution in [0.3, 0.4) is 0 Å². The van der Waals surface area contributed by atoms with Gasteiger partial charge in [0.15, 0.2) is 5.82 Å². The summed E-state index contributed by atoms with van der Waals surface area (Å²) in [6, 6.07) is 71.5. The lowest BCUT2D eigenvalue weighted by Gasteiger charge is -2.14. The third kappa shape index (κ3) is 5.20. The molecule has 0 aliphatic rings. The molecule has 256 valence electrons. The SMILES string of the molecule is c1ccc(-c2ccc(-c3ccc(-c4cc(-n5c6ccccc6c6ccccc65)nc(-c5ccc6c7ccccc7c7ccccc7c6c5)n4)cc3)cc2)cc1. The van der Waals surface area contributed by atoms with Crippen LogP contribution in [0.2, 0.25) is 0 Å². The zero-order valence-electron chi connectivity index (χ0n) is 29.9. The predicted molar refractivity (Wildman–Crippen MR) is 231 cm³/mol. The van der Waals surface area contributed by atoms with Crippen molar-refractivity contribution >= 4 is 54.1 Å². The van der Waals surface area contributed by atoms with Crippen LogP contribution in [0, 0.1) is 0 Å². The molecule has 2 heterocycles. The Morgan fingerprint density at radius 1 is 0.273 bits per heavy atom. The van der Waals surface area contributed by atoms with E-state index in [0.717, 1.165) is 39.2 Å². The van der Waals surface area contributed by atoms with Crippen molar-refractivity contribution in [3.63, 3.8) is 0 Å². The molecule has 2 aromatic heterocycles. The Hall–Kier alpha value is -7.36. The molecule has 0 amide bonds. The van der Waals surface area contributed by atoms with Gasteiger partial charge in [0.2, 0.25) is 0 Å². The average Bonchev–Trinajstić information content (AvgIpc) is 3.61. The minimum atomic E-state index is 0.689. The summed E-state index contributed by atoms with van der Waals surface area (Å²) in [6.07, 6.45) is 0. The molecule has 0 fully saturated rings. The first-order chi connectivity index (χ1) is 27.3. The largest absolute Gasteiger partial charge is 0.294 e. The minimum absolute atomic E-state index is 0.689. The van der Waals surface area contributed by atoms with Crippen molar-refractivity contribution in [2.24, 2.45) is 0 Å². The number of benzene rings is 9. The van der Waals surface area contributed by atoms with Crippen molar-refractivity contribution in [1.29, 1.82) is 0 Å². The van der Waals surface area contributed by atoms with Crippen LogP contribution in [0.5, 0.6) is 0 Å². The van der Waals surface area contributed by atoms with Crippen LogP contribution in [-0.4, -0.2) is 14.5 Å². The predicted octanol–water partition coefficient (Wildman–Crippen LogP) is 13.7. The molecular weight excluding hydrogens is 667 g/mol. The van der Waals surface area contributed by atoms with E-state index in [4.69, 9.17) is 9.97 Å². The van der Waals surface area contributed by atoms with E-state index in [0.29, 0.717) is 5.82 Å². The Kier molecular flexibility index (Phi) is 7.17. The van der Waals surface area contributed by atoms with Crippen molar-refractivity contribution in [2.75, 3.05) is 0 Å². The topological polar surface area (TPSA) is 30.7 Å². The van der Waals surface area contributed by atoms with Gasteiger partial charge in [-0.15, -0.1) is 0 Å². The number of hydrogen-bond acceptors (Lipinski definition) is 2. The summed E-state index contributed by atoms with van der Waals surface area (Å²) in [5, 5.41) is 9.81. The van der Waals surface area contributed by atoms with E-state index in [1.165, 1.54) is 59.8 Å². The lowest BCUT2D eigenvalue weighted by atomic mass is 9.93. The third-order valence-corrected chi connectivity index (χ3v) is 11.0. The molecule has 0 aliphatic heterocycles. The zero-order chi connectivity index (χ0) is 36.3. The number of aromatic nitrogens is 3. The summed E-state index contributed by atoms with van der Waals surface area (Å²) >= 11 is 0. The lowest BCUT2D eigenvalue weighted by molar-refractivity contribution is 1.05. The summed E-state index contributed by atoms with van der Waals surface area (Å²) in [5.41, 5.74) is 9.88. The highest BCUT2D eigenvalue weighted by atomic mass is 15.1. The van der Waals surface area contributed by atoms with Gasteiger partial charge in [-0.1, -0.05) is 176 Å². The second-order valence-corrected chi connectivity index (χ2v) is 14.2. The van der Waals surface area contributed by atoms with Gasteiger partial charge in [-0.25, -0.2) is 9.97 Å². The van der Waals surface area contributed by atoms with Crippen molar-refractivity contribution in [2.45, 2.75) is 0 Å². The minimum Gasteiger partial charge on any atom is -0.294 e. The molecule has 55 heavy (non-hydrogen) atoms. The van der Waals surface area contributed by atoms with Crippen LogP contribution < -0.4 is 0 Å². The molecule has 11 rings (SSSR count). The van der Waals surface area contributed by atoms with Crippen molar-refractivity contribution in [3.05, 3.63) is 200 Å². The first kappa shape index (κ1) is 31.2. The van der Waals surface area contributed by atoms with E-state index < -0.39 is 0 Å². The fourth-order valence-corrected chi connectivity index (χ4v) is 8.36. The van der Waals surface area contributed by atoms with Crippen molar-refractivity contribution in [1.82, 2.24) is 14.5 Å². The van der Waals surface area contributed by atoms with Gasteiger partial charge >= 0.3 is 0 Å². The van der Waals surface area contributed by atoms with Gasteiger partial charge in [0.1, 0.15) is 5.82 Å². The van der Waals surface area contributed by atoms with Crippen molar-refractivity contribution in [3.8, 4) is 50.7 Å². The molecule has 11 aromatic rings. The first-order valence-corrected chi connectivity index (χ1v) is 18.7. The van der Waals surface area contributed by atoms with Gasteiger partial charge in [0.05, 0.1) is 16.7 Å². The average molecular weight is 700 g/mol. The Labute approximate surface area is 318 Å². The fourth-order valence-electron chi connectivity index (χ4n) is 8.36. The van der Waals surface area contributed by atoms with E-state index in [9.17, 15) is 0 Å². The molecule has 0 aliphatic carbocycles. The zero-order valence-corrected chi connectivity index (χ0v) is 29.9. The van der Waals surface area contributed by atoms with Gasteiger partial charge in [-0.3, -0.25) is 4.57 Å². The second-order valence-electron chi connectivity index (χ2n) is 14.2. The molecule has 3 heteroatoms. The quantitative estimate of drug-likeness (QED) is 0.167. The maximum Gasteiger partial charge on any atom is 0.162 e. The number of para-hydroxylation sites is 2. The smallest absolute Gasteiger partial charge is 0.162 e. The second kappa shape index (κ2) is 12.6. The number of rotatable bonds is 5. The van der Waals surface area contributed by atoms with Gasteiger partial charge in [-0.2, -0.15) is 0 Å². The first-order valence-electron chi connectivity index (χ1n) is 18.7. The Morgan fingerprint density at radius 2 is 0.673 bits per heavy atom. The summed E-state index contributed by atoms with van der Waals surface area (Å²) in [7, 11) is 0. The van der Waals surface area contributed by atoms with Gasteiger partial charge < -0.3 is 0 Å². The molecule has 3 nitrogen and oxygen atoms in total. The highest BCUT2D eigenvalue weighted by molar-refractivity contribution is 6.25. The molecule has 0 radical (unpaired) electrons. The van der Waals surface area contributed by atoms with Crippen LogP contribution in [0.25, 0.3) is 105 Å². The molecule has 9 aromatic carbocycles. The van der Waals surface area contributed by atoms with E-state index in [2.05, 4.69) is 205 Å². The molecular formula is C52H33N3. The number of hydrogen-bond donors (Lipinski definition) is 0. The van der Waals surface area contributed by atoms with E-state index >= 15 is 0 Å². The highest BCUT2D eigenvalue weighted by Gasteiger charge is 2.17. The summed E-state index contributed by atoms with van der Waals surface area (Å²) in [6.45, 7) is 0. The maximum absolute atomic E-state index is 5.37. The highest BCUT2D eigenvalue weighted by Crippen LogP contribution is 2.38. The maximum atomic E-state index is 5.37. The van der Waals surface area contributed by atoms with Crippen molar-refractivity contribution < 1.29 is 0 Å².